The molecule has 1 aliphatic heterocycles. The first-order valence-corrected chi connectivity index (χ1v) is 10.8. The second kappa shape index (κ2) is 6.24. The molecule has 0 saturated carbocycles. The van der Waals surface area contributed by atoms with E-state index >= 15 is 0 Å². The zero-order valence-corrected chi connectivity index (χ0v) is 14.8. The molecular formula is C15H21NO5S2. The van der Waals surface area contributed by atoms with Gasteiger partial charge in [0, 0.05) is 6.42 Å². The molecular weight excluding hydrogens is 338 g/mol. The molecule has 1 N–H and O–H groups in total. The van der Waals surface area contributed by atoms with Crippen molar-refractivity contribution in [3.63, 3.8) is 0 Å². The second-order valence-electron chi connectivity index (χ2n) is 6.33. The van der Waals surface area contributed by atoms with Crippen LogP contribution in [-0.4, -0.2) is 45.5 Å². The lowest BCUT2D eigenvalue weighted by Crippen LogP contribution is -2.47. The minimum atomic E-state index is -3.53. The minimum Gasteiger partial charge on any atom is -0.350 e. The van der Waals surface area contributed by atoms with E-state index in [1.54, 1.807) is 19.1 Å². The van der Waals surface area contributed by atoms with Gasteiger partial charge in [-0.25, -0.2) is 16.8 Å². The first kappa shape index (κ1) is 17.9. The van der Waals surface area contributed by atoms with Crippen LogP contribution in [0, 0.1) is 6.92 Å². The molecule has 1 saturated heterocycles. The van der Waals surface area contributed by atoms with Gasteiger partial charge in [-0.1, -0.05) is 17.7 Å². The number of carbonyl (C=O) groups is 1. The smallest absolute Gasteiger partial charge is 0.221 e. The second-order valence-corrected chi connectivity index (χ2v) is 10.6. The highest BCUT2D eigenvalue weighted by atomic mass is 32.2. The lowest BCUT2D eigenvalue weighted by atomic mass is 10.0. The summed E-state index contributed by atoms with van der Waals surface area (Å²) >= 11 is 0. The lowest BCUT2D eigenvalue weighted by molar-refractivity contribution is -0.122. The van der Waals surface area contributed by atoms with Crippen molar-refractivity contribution in [1.29, 1.82) is 0 Å². The zero-order valence-electron chi connectivity index (χ0n) is 13.2. The van der Waals surface area contributed by atoms with Gasteiger partial charge in [0.25, 0.3) is 0 Å². The zero-order chi connectivity index (χ0) is 17.3. The molecule has 128 valence electrons. The standard InChI is InChI=1S/C15H21NO5S2/c1-12-3-5-13(6-4-12)23(20,21)9-7-14(17)16-15(2)8-10-22(18,19)11-15/h3-6H,7-11H2,1-2H3,(H,16,17)/t15-/m1/s1. The number of amides is 1. The molecule has 0 spiro atoms. The molecule has 1 aromatic rings. The highest BCUT2D eigenvalue weighted by Gasteiger charge is 2.39. The molecule has 8 heteroatoms. The highest BCUT2D eigenvalue weighted by Crippen LogP contribution is 2.23. The molecule has 0 radical (unpaired) electrons. The van der Waals surface area contributed by atoms with Crippen LogP contribution in [0.4, 0.5) is 0 Å². The Labute approximate surface area is 137 Å². The van der Waals surface area contributed by atoms with E-state index < -0.39 is 31.1 Å². The quantitative estimate of drug-likeness (QED) is 0.841. The van der Waals surface area contributed by atoms with Gasteiger partial charge < -0.3 is 5.32 Å². The monoisotopic (exact) mass is 359 g/mol. The third-order valence-electron chi connectivity index (χ3n) is 3.92. The van der Waals surface area contributed by atoms with Crippen LogP contribution in [0.2, 0.25) is 0 Å². The van der Waals surface area contributed by atoms with E-state index in [-0.39, 0.29) is 28.6 Å². The van der Waals surface area contributed by atoms with Crippen LogP contribution in [0.25, 0.3) is 0 Å². The maximum Gasteiger partial charge on any atom is 0.221 e. The summed E-state index contributed by atoms with van der Waals surface area (Å²) in [6.07, 6.45) is 0.164. The number of aryl methyl sites for hydroxylation is 1. The molecule has 1 aliphatic rings. The summed E-state index contributed by atoms with van der Waals surface area (Å²) in [6.45, 7) is 3.53. The van der Waals surface area contributed by atoms with Crippen molar-refractivity contribution in [2.75, 3.05) is 17.3 Å². The Balaban J connectivity index is 1.95. The van der Waals surface area contributed by atoms with Crippen LogP contribution in [-0.2, 0) is 24.5 Å². The van der Waals surface area contributed by atoms with Gasteiger partial charge in [-0.3, -0.25) is 4.79 Å². The van der Waals surface area contributed by atoms with E-state index in [0.717, 1.165) is 5.56 Å². The molecule has 1 aromatic carbocycles. The van der Waals surface area contributed by atoms with Gasteiger partial charge in [0.1, 0.15) is 0 Å². The van der Waals surface area contributed by atoms with Gasteiger partial charge in [0.15, 0.2) is 19.7 Å². The fraction of sp³-hybridized carbons (Fsp3) is 0.533. The number of benzene rings is 1. The summed E-state index contributed by atoms with van der Waals surface area (Å²) in [5.74, 6) is -0.799. The minimum absolute atomic E-state index is 0.0471. The van der Waals surface area contributed by atoms with Crippen LogP contribution in [0.1, 0.15) is 25.3 Å². The van der Waals surface area contributed by atoms with Crippen molar-refractivity contribution in [2.45, 2.75) is 37.1 Å². The summed E-state index contributed by atoms with van der Waals surface area (Å²) in [5, 5.41) is 2.66. The fourth-order valence-corrected chi connectivity index (χ4v) is 5.93. The van der Waals surface area contributed by atoms with Crippen LogP contribution in [0.15, 0.2) is 29.2 Å². The van der Waals surface area contributed by atoms with E-state index in [2.05, 4.69) is 5.32 Å². The maximum absolute atomic E-state index is 12.2. The summed E-state index contributed by atoms with van der Waals surface area (Å²) in [5.41, 5.74) is 0.154. The van der Waals surface area contributed by atoms with Gasteiger partial charge in [-0.15, -0.1) is 0 Å². The lowest BCUT2D eigenvalue weighted by Gasteiger charge is -2.23. The topological polar surface area (TPSA) is 97.4 Å². The van der Waals surface area contributed by atoms with Gasteiger partial charge >= 0.3 is 0 Å². The molecule has 1 fully saturated rings. The molecule has 0 aliphatic carbocycles. The van der Waals surface area contributed by atoms with E-state index in [0.29, 0.717) is 6.42 Å². The molecule has 1 amide bonds. The first-order valence-electron chi connectivity index (χ1n) is 7.32. The molecule has 0 aromatic heterocycles. The highest BCUT2D eigenvalue weighted by molar-refractivity contribution is 7.91. The van der Waals surface area contributed by atoms with Gasteiger partial charge in [0.2, 0.25) is 5.91 Å². The predicted molar refractivity (Wildman–Crippen MR) is 87.7 cm³/mol. The SMILES string of the molecule is Cc1ccc(S(=O)(=O)CCC(=O)N[C@]2(C)CCS(=O)(=O)C2)cc1. The first-order chi connectivity index (χ1) is 10.5. The predicted octanol–water partition coefficient (Wildman–Crippen LogP) is 0.852. The molecule has 1 atom stereocenters. The van der Waals surface area contributed by atoms with Crippen LogP contribution < -0.4 is 5.32 Å². The summed E-state index contributed by atoms with van der Waals surface area (Å²) in [4.78, 5) is 12.2. The fourth-order valence-electron chi connectivity index (χ4n) is 2.60. The third kappa shape index (κ3) is 4.78. The van der Waals surface area contributed by atoms with E-state index in [4.69, 9.17) is 0 Å². The Morgan fingerprint density at radius 2 is 1.87 bits per heavy atom. The normalized spacial score (nSPS) is 23.6. The van der Waals surface area contributed by atoms with Gasteiger partial charge in [-0.2, -0.15) is 0 Å². The number of nitrogens with one attached hydrogen (secondary N) is 1. The van der Waals surface area contributed by atoms with Crippen molar-refractivity contribution in [3.05, 3.63) is 29.8 Å². The summed E-state index contributed by atoms with van der Waals surface area (Å²) < 4.78 is 47.4. The molecule has 1 heterocycles. The average Bonchev–Trinajstić information content (AvgIpc) is 2.71. The van der Waals surface area contributed by atoms with Crippen LogP contribution >= 0.6 is 0 Å². The van der Waals surface area contributed by atoms with E-state index in [1.165, 1.54) is 12.1 Å². The Hall–Kier alpha value is -1.41. The third-order valence-corrected chi connectivity index (χ3v) is 7.56. The molecule has 0 unspecified atom stereocenters. The Morgan fingerprint density at radius 3 is 2.39 bits per heavy atom. The van der Waals surface area contributed by atoms with Crippen molar-refractivity contribution < 1.29 is 21.6 Å². The van der Waals surface area contributed by atoms with E-state index in [9.17, 15) is 21.6 Å². The van der Waals surface area contributed by atoms with Crippen molar-refractivity contribution in [2.24, 2.45) is 0 Å². The van der Waals surface area contributed by atoms with Crippen molar-refractivity contribution >= 4 is 25.6 Å². The van der Waals surface area contributed by atoms with Crippen molar-refractivity contribution in [3.8, 4) is 0 Å². The molecule has 6 nitrogen and oxygen atoms in total. The summed E-state index contributed by atoms with van der Waals surface area (Å²) in [7, 11) is -6.65. The molecule has 2 rings (SSSR count). The largest absolute Gasteiger partial charge is 0.350 e. The van der Waals surface area contributed by atoms with Crippen LogP contribution in [0.5, 0.6) is 0 Å². The van der Waals surface area contributed by atoms with Crippen molar-refractivity contribution in [1.82, 2.24) is 5.32 Å². The van der Waals surface area contributed by atoms with E-state index in [1.807, 2.05) is 6.92 Å². The van der Waals surface area contributed by atoms with Gasteiger partial charge in [0.05, 0.1) is 27.7 Å². The Bertz CT molecular complexity index is 797. The number of sulfone groups is 2. The number of carbonyl (C=O) groups excluding carboxylic acids is 1. The Kier molecular flexibility index (Phi) is 4.86. The molecule has 23 heavy (non-hydrogen) atoms. The van der Waals surface area contributed by atoms with Crippen LogP contribution in [0.3, 0.4) is 0 Å². The average molecular weight is 359 g/mol. The number of hydrogen-bond donors (Lipinski definition) is 1. The van der Waals surface area contributed by atoms with Gasteiger partial charge in [-0.05, 0) is 32.4 Å². The molecule has 0 bridgehead atoms. The maximum atomic E-state index is 12.2. The number of hydrogen-bond acceptors (Lipinski definition) is 5. The Morgan fingerprint density at radius 1 is 1.26 bits per heavy atom. The summed E-state index contributed by atoms with van der Waals surface area (Å²) in [6, 6.07) is 6.45. The number of rotatable bonds is 5.